The van der Waals surface area contributed by atoms with Crippen LogP contribution >= 0.6 is 23.8 Å². The lowest BCUT2D eigenvalue weighted by Crippen LogP contribution is -2.34. The molecule has 0 saturated carbocycles. The first kappa shape index (κ1) is 20.7. The van der Waals surface area contributed by atoms with Gasteiger partial charge in [0.2, 0.25) is 0 Å². The highest BCUT2D eigenvalue weighted by molar-refractivity contribution is 7.80. The third-order valence-electron chi connectivity index (χ3n) is 3.36. The molecule has 1 amide bonds. The van der Waals surface area contributed by atoms with E-state index in [0.717, 1.165) is 0 Å². The second-order valence-corrected chi connectivity index (χ2v) is 6.96. The van der Waals surface area contributed by atoms with Gasteiger partial charge in [-0.3, -0.25) is 10.1 Å². The topological polar surface area (TPSA) is 87.7 Å². The summed E-state index contributed by atoms with van der Waals surface area (Å²) < 4.78 is 5.61. The normalized spacial score (nSPS) is 10.4. The first-order valence-electron chi connectivity index (χ1n) is 8.14. The molecule has 0 fully saturated rings. The van der Waals surface area contributed by atoms with E-state index in [0.29, 0.717) is 29.5 Å². The van der Waals surface area contributed by atoms with Crippen LogP contribution in [0, 0.1) is 5.92 Å². The predicted octanol–water partition coefficient (Wildman–Crippen LogP) is 4.20. The van der Waals surface area contributed by atoms with Gasteiger partial charge in [0.05, 0.1) is 17.2 Å². The lowest BCUT2D eigenvalue weighted by molar-refractivity contribution is 0.0697. The SMILES string of the molecule is CC(C)COc1cccc(C(=O)NC(=S)Nc2ccc(Cl)c(C(=O)O)c2)c1. The van der Waals surface area contributed by atoms with Crippen LogP contribution in [0.3, 0.4) is 0 Å². The number of hydrogen-bond acceptors (Lipinski definition) is 4. The minimum Gasteiger partial charge on any atom is -0.493 e. The first-order valence-corrected chi connectivity index (χ1v) is 8.93. The fourth-order valence-electron chi connectivity index (χ4n) is 2.09. The smallest absolute Gasteiger partial charge is 0.337 e. The van der Waals surface area contributed by atoms with Gasteiger partial charge in [0.15, 0.2) is 5.11 Å². The number of halogens is 1. The lowest BCUT2D eigenvalue weighted by atomic mass is 10.2. The zero-order valence-electron chi connectivity index (χ0n) is 14.8. The van der Waals surface area contributed by atoms with Crippen LogP contribution in [0.25, 0.3) is 0 Å². The van der Waals surface area contributed by atoms with E-state index >= 15 is 0 Å². The summed E-state index contributed by atoms with van der Waals surface area (Å²) in [7, 11) is 0. The van der Waals surface area contributed by atoms with Gasteiger partial charge in [-0.15, -0.1) is 0 Å². The van der Waals surface area contributed by atoms with Gasteiger partial charge in [0.1, 0.15) is 5.75 Å². The Morgan fingerprint density at radius 3 is 2.63 bits per heavy atom. The molecule has 0 radical (unpaired) electrons. The fraction of sp³-hybridized carbons (Fsp3) is 0.211. The standard InChI is InChI=1S/C19H19ClN2O4S/c1-11(2)10-26-14-5-3-4-12(8-14)17(23)22-19(27)21-13-6-7-16(20)15(9-13)18(24)25/h3-9,11H,10H2,1-2H3,(H,24,25)(H2,21,22,23,27). The highest BCUT2D eigenvalue weighted by Crippen LogP contribution is 2.20. The number of thiocarbonyl (C=S) groups is 1. The van der Waals surface area contributed by atoms with E-state index in [1.165, 1.54) is 12.1 Å². The summed E-state index contributed by atoms with van der Waals surface area (Å²) in [6.45, 7) is 4.62. The van der Waals surface area contributed by atoms with Crippen molar-refractivity contribution < 1.29 is 19.4 Å². The molecule has 0 atom stereocenters. The second-order valence-electron chi connectivity index (χ2n) is 6.14. The molecule has 8 heteroatoms. The van der Waals surface area contributed by atoms with Crippen molar-refractivity contribution >= 4 is 46.5 Å². The Balaban J connectivity index is 2.01. The Labute approximate surface area is 167 Å². The number of aromatic carboxylic acids is 1. The third-order valence-corrected chi connectivity index (χ3v) is 3.89. The molecule has 2 aromatic rings. The van der Waals surface area contributed by atoms with Crippen LogP contribution in [-0.2, 0) is 0 Å². The summed E-state index contributed by atoms with van der Waals surface area (Å²) in [4.78, 5) is 23.5. The number of hydrogen-bond donors (Lipinski definition) is 3. The van der Waals surface area contributed by atoms with Gasteiger partial charge in [-0.05, 0) is 54.5 Å². The van der Waals surface area contributed by atoms with Crippen LogP contribution in [0.2, 0.25) is 5.02 Å². The molecule has 0 aliphatic rings. The van der Waals surface area contributed by atoms with Crippen LogP contribution < -0.4 is 15.4 Å². The first-order chi connectivity index (χ1) is 12.8. The van der Waals surface area contributed by atoms with Crippen molar-refractivity contribution in [2.75, 3.05) is 11.9 Å². The van der Waals surface area contributed by atoms with Crippen LogP contribution in [-0.4, -0.2) is 28.7 Å². The molecule has 0 bridgehead atoms. The van der Waals surface area contributed by atoms with Crippen molar-refractivity contribution in [1.82, 2.24) is 5.32 Å². The molecule has 0 unspecified atom stereocenters. The monoisotopic (exact) mass is 406 g/mol. The van der Waals surface area contributed by atoms with E-state index in [9.17, 15) is 9.59 Å². The van der Waals surface area contributed by atoms with Crippen molar-refractivity contribution in [3.05, 3.63) is 58.6 Å². The molecular formula is C19H19ClN2O4S. The van der Waals surface area contributed by atoms with E-state index in [-0.39, 0.29) is 15.7 Å². The minimum atomic E-state index is -1.16. The number of anilines is 1. The largest absolute Gasteiger partial charge is 0.493 e. The van der Waals surface area contributed by atoms with E-state index in [1.54, 1.807) is 30.3 Å². The molecule has 0 saturated heterocycles. The average Bonchev–Trinajstić information content (AvgIpc) is 2.61. The van der Waals surface area contributed by atoms with Gasteiger partial charge in [-0.25, -0.2) is 4.79 Å². The summed E-state index contributed by atoms with van der Waals surface area (Å²) in [5.74, 6) is -0.597. The number of carbonyl (C=O) groups excluding carboxylic acids is 1. The molecule has 3 N–H and O–H groups in total. The average molecular weight is 407 g/mol. The van der Waals surface area contributed by atoms with Crippen molar-refractivity contribution in [2.45, 2.75) is 13.8 Å². The molecule has 0 spiro atoms. The number of rotatable bonds is 6. The van der Waals surface area contributed by atoms with E-state index in [2.05, 4.69) is 10.6 Å². The zero-order valence-corrected chi connectivity index (χ0v) is 16.4. The van der Waals surface area contributed by atoms with Gasteiger partial charge in [0.25, 0.3) is 5.91 Å². The summed E-state index contributed by atoms with van der Waals surface area (Å²) in [5.41, 5.74) is 0.727. The van der Waals surface area contributed by atoms with Crippen molar-refractivity contribution in [2.24, 2.45) is 5.92 Å². The molecule has 0 heterocycles. The Kier molecular flexibility index (Phi) is 7.15. The highest BCUT2D eigenvalue weighted by Gasteiger charge is 2.12. The molecular weight excluding hydrogens is 388 g/mol. The van der Waals surface area contributed by atoms with Crippen LogP contribution in [0.5, 0.6) is 5.75 Å². The number of carbonyl (C=O) groups is 2. The maximum Gasteiger partial charge on any atom is 0.337 e. The van der Waals surface area contributed by atoms with E-state index in [1.807, 2.05) is 13.8 Å². The highest BCUT2D eigenvalue weighted by atomic mass is 35.5. The number of ether oxygens (including phenoxy) is 1. The Morgan fingerprint density at radius 2 is 1.96 bits per heavy atom. The van der Waals surface area contributed by atoms with Crippen molar-refractivity contribution in [3.63, 3.8) is 0 Å². The van der Waals surface area contributed by atoms with Gasteiger partial charge < -0.3 is 15.2 Å². The second kappa shape index (κ2) is 9.34. The van der Waals surface area contributed by atoms with Gasteiger partial charge in [0, 0.05) is 11.3 Å². The maximum absolute atomic E-state index is 12.4. The maximum atomic E-state index is 12.4. The molecule has 0 aliphatic heterocycles. The van der Waals surface area contributed by atoms with Crippen LogP contribution in [0.1, 0.15) is 34.6 Å². The number of benzene rings is 2. The number of carboxylic acid groups (broad SMARTS) is 1. The van der Waals surface area contributed by atoms with Gasteiger partial charge in [-0.2, -0.15) is 0 Å². The van der Waals surface area contributed by atoms with Crippen molar-refractivity contribution in [3.8, 4) is 5.75 Å². The van der Waals surface area contributed by atoms with Crippen LogP contribution in [0.4, 0.5) is 5.69 Å². The lowest BCUT2D eigenvalue weighted by Gasteiger charge is -2.12. The molecule has 6 nitrogen and oxygen atoms in total. The van der Waals surface area contributed by atoms with Gasteiger partial charge in [-0.1, -0.05) is 31.5 Å². The molecule has 2 aromatic carbocycles. The van der Waals surface area contributed by atoms with E-state index in [4.69, 9.17) is 33.7 Å². The van der Waals surface area contributed by atoms with Crippen molar-refractivity contribution in [1.29, 1.82) is 0 Å². The van der Waals surface area contributed by atoms with E-state index < -0.39 is 11.9 Å². The van der Waals surface area contributed by atoms with Gasteiger partial charge >= 0.3 is 5.97 Å². The number of nitrogens with one attached hydrogen (secondary N) is 2. The summed E-state index contributed by atoms with van der Waals surface area (Å²) in [5, 5.41) is 14.6. The molecule has 0 aromatic heterocycles. The summed E-state index contributed by atoms with van der Waals surface area (Å²) in [6, 6.07) is 11.1. The predicted molar refractivity (Wildman–Crippen MR) is 109 cm³/mol. The molecule has 142 valence electrons. The quantitative estimate of drug-likeness (QED) is 0.623. The van der Waals surface area contributed by atoms with Crippen LogP contribution in [0.15, 0.2) is 42.5 Å². The minimum absolute atomic E-state index is 0.0344. The molecule has 27 heavy (non-hydrogen) atoms. The third kappa shape index (κ3) is 6.23. The summed E-state index contributed by atoms with van der Waals surface area (Å²) >= 11 is 10.9. The molecule has 2 rings (SSSR count). The zero-order chi connectivity index (χ0) is 20.0. The summed E-state index contributed by atoms with van der Waals surface area (Å²) in [6.07, 6.45) is 0. The molecule has 0 aliphatic carbocycles. The Bertz CT molecular complexity index is 871. The Hall–Kier alpha value is -2.64. The number of carboxylic acids is 1. The fourth-order valence-corrected chi connectivity index (χ4v) is 2.50. The Morgan fingerprint density at radius 1 is 1.22 bits per heavy atom. The number of amides is 1.